The van der Waals surface area contributed by atoms with Crippen LogP contribution in [0.2, 0.25) is 0 Å². The Bertz CT molecular complexity index is 255. The molecule has 0 spiro atoms. The van der Waals surface area contributed by atoms with E-state index in [0.717, 1.165) is 12.1 Å². The van der Waals surface area contributed by atoms with Gasteiger partial charge in [0, 0.05) is 19.3 Å². The minimum atomic E-state index is -0.301. The van der Waals surface area contributed by atoms with E-state index >= 15 is 0 Å². The second-order valence-corrected chi connectivity index (χ2v) is 3.06. The van der Waals surface area contributed by atoms with Gasteiger partial charge in [-0.1, -0.05) is 19.7 Å². The summed E-state index contributed by atoms with van der Waals surface area (Å²) in [5.41, 5.74) is 0.840. The monoisotopic (exact) mass is 186 g/mol. The predicted molar refractivity (Wildman–Crippen MR) is 49.3 cm³/mol. The third kappa shape index (κ3) is 2.79. The Morgan fingerprint density at radius 1 is 1.58 bits per heavy atom. The molecule has 0 aliphatic heterocycles. The Labute approximate surface area is 77.0 Å². The highest BCUT2D eigenvalue weighted by molar-refractivity contribution is 7.77. The Balaban J connectivity index is 2.63. The highest BCUT2D eigenvalue weighted by atomic mass is 32.1. The van der Waals surface area contributed by atoms with E-state index < -0.39 is 0 Å². The molecular formula is C8H11FN2S. The van der Waals surface area contributed by atoms with Crippen molar-refractivity contribution in [3.05, 3.63) is 29.8 Å². The summed E-state index contributed by atoms with van der Waals surface area (Å²) in [5, 5.41) is 0. The lowest BCUT2D eigenvalue weighted by atomic mass is 10.3. The van der Waals surface area contributed by atoms with Crippen molar-refractivity contribution in [1.82, 2.24) is 9.29 Å². The average Bonchev–Trinajstić information content (AvgIpc) is 2.04. The molecule has 66 valence electrons. The van der Waals surface area contributed by atoms with E-state index in [4.69, 9.17) is 0 Å². The Morgan fingerprint density at radius 2 is 2.33 bits per heavy atom. The first kappa shape index (κ1) is 9.48. The zero-order valence-electron chi connectivity index (χ0n) is 6.87. The molecule has 0 saturated heterocycles. The molecule has 4 heteroatoms. The molecule has 0 N–H and O–H groups in total. The van der Waals surface area contributed by atoms with Crippen LogP contribution in [0.3, 0.4) is 0 Å². The molecule has 0 unspecified atom stereocenters. The van der Waals surface area contributed by atoms with Gasteiger partial charge in [-0.3, -0.25) is 4.98 Å². The van der Waals surface area contributed by atoms with Gasteiger partial charge < -0.3 is 0 Å². The maximum Gasteiger partial charge on any atom is 0.141 e. The summed E-state index contributed by atoms with van der Waals surface area (Å²) in [7, 11) is 0. The van der Waals surface area contributed by atoms with Crippen LogP contribution in [-0.4, -0.2) is 15.8 Å². The SMILES string of the molecule is CCN(S)Cc1cncc(F)c1. The van der Waals surface area contributed by atoms with Gasteiger partial charge in [0.05, 0.1) is 6.20 Å². The molecule has 0 saturated carbocycles. The number of thiol groups is 1. The van der Waals surface area contributed by atoms with E-state index in [9.17, 15) is 4.39 Å². The van der Waals surface area contributed by atoms with Gasteiger partial charge in [-0.25, -0.2) is 8.70 Å². The molecule has 0 fully saturated rings. The van der Waals surface area contributed by atoms with E-state index in [0.29, 0.717) is 6.54 Å². The fourth-order valence-electron chi connectivity index (χ4n) is 0.865. The van der Waals surface area contributed by atoms with E-state index in [1.165, 1.54) is 12.3 Å². The Hall–Kier alpha value is -0.610. The molecule has 0 radical (unpaired) electrons. The molecule has 0 amide bonds. The van der Waals surface area contributed by atoms with Crippen LogP contribution in [0.5, 0.6) is 0 Å². The van der Waals surface area contributed by atoms with E-state index in [1.807, 2.05) is 6.92 Å². The van der Waals surface area contributed by atoms with Gasteiger partial charge in [0.15, 0.2) is 0 Å². The van der Waals surface area contributed by atoms with Crippen molar-refractivity contribution in [2.75, 3.05) is 6.54 Å². The summed E-state index contributed by atoms with van der Waals surface area (Å²) in [6, 6.07) is 1.46. The molecule has 0 bridgehead atoms. The van der Waals surface area contributed by atoms with Crippen LogP contribution in [0.1, 0.15) is 12.5 Å². The molecule has 1 heterocycles. The first-order chi connectivity index (χ1) is 5.72. The zero-order valence-corrected chi connectivity index (χ0v) is 7.76. The number of hydrogen-bond donors (Lipinski definition) is 1. The van der Waals surface area contributed by atoms with E-state index in [2.05, 4.69) is 17.8 Å². The van der Waals surface area contributed by atoms with Crippen molar-refractivity contribution in [2.24, 2.45) is 0 Å². The van der Waals surface area contributed by atoms with Gasteiger partial charge >= 0.3 is 0 Å². The number of halogens is 1. The van der Waals surface area contributed by atoms with Crippen molar-refractivity contribution in [2.45, 2.75) is 13.5 Å². The lowest BCUT2D eigenvalue weighted by Crippen LogP contribution is -2.10. The highest BCUT2D eigenvalue weighted by Gasteiger charge is 1.99. The van der Waals surface area contributed by atoms with Crippen molar-refractivity contribution >= 4 is 12.8 Å². The second-order valence-electron chi connectivity index (χ2n) is 2.49. The standard InChI is InChI=1S/C8H11FN2S/c1-2-11(12)6-7-3-8(9)5-10-4-7/h3-5,12H,2,6H2,1H3. The second kappa shape index (κ2) is 4.42. The minimum absolute atomic E-state index is 0.301. The molecule has 0 aliphatic carbocycles. The lowest BCUT2D eigenvalue weighted by Gasteiger charge is -2.11. The maximum absolute atomic E-state index is 12.6. The molecule has 0 atom stereocenters. The molecular weight excluding hydrogens is 175 g/mol. The van der Waals surface area contributed by atoms with Gasteiger partial charge in [0.2, 0.25) is 0 Å². The normalized spacial score (nSPS) is 10.7. The number of rotatable bonds is 3. The fourth-order valence-corrected chi connectivity index (χ4v) is 1.03. The van der Waals surface area contributed by atoms with Gasteiger partial charge in [-0.05, 0) is 11.6 Å². The number of hydrogen-bond acceptors (Lipinski definition) is 3. The summed E-state index contributed by atoms with van der Waals surface area (Å²) >= 11 is 4.16. The van der Waals surface area contributed by atoms with Gasteiger partial charge in [-0.15, -0.1) is 0 Å². The summed E-state index contributed by atoms with van der Waals surface area (Å²) in [4.78, 5) is 3.74. The van der Waals surface area contributed by atoms with E-state index in [-0.39, 0.29) is 5.82 Å². The predicted octanol–water partition coefficient (Wildman–Crippen LogP) is 1.89. The third-order valence-corrected chi connectivity index (χ3v) is 1.92. The van der Waals surface area contributed by atoms with Gasteiger partial charge in [-0.2, -0.15) is 0 Å². The van der Waals surface area contributed by atoms with Gasteiger partial charge in [0.25, 0.3) is 0 Å². The number of aromatic nitrogens is 1. The number of nitrogens with zero attached hydrogens (tertiary/aromatic N) is 2. The summed E-state index contributed by atoms with van der Waals surface area (Å²) in [6.45, 7) is 3.42. The third-order valence-electron chi connectivity index (χ3n) is 1.49. The molecule has 0 aromatic carbocycles. The van der Waals surface area contributed by atoms with Crippen LogP contribution in [0.15, 0.2) is 18.5 Å². The molecule has 1 rings (SSSR count). The average molecular weight is 186 g/mol. The van der Waals surface area contributed by atoms with Crippen LogP contribution < -0.4 is 0 Å². The fraction of sp³-hybridized carbons (Fsp3) is 0.375. The van der Waals surface area contributed by atoms with Gasteiger partial charge in [0.1, 0.15) is 5.82 Å². The van der Waals surface area contributed by atoms with Crippen molar-refractivity contribution in [3.63, 3.8) is 0 Å². The van der Waals surface area contributed by atoms with Crippen LogP contribution in [0, 0.1) is 5.82 Å². The summed E-state index contributed by atoms with van der Waals surface area (Å²) < 4.78 is 14.4. The quantitative estimate of drug-likeness (QED) is 0.726. The largest absolute Gasteiger partial charge is 0.261 e. The number of pyridine rings is 1. The van der Waals surface area contributed by atoms with Crippen LogP contribution >= 0.6 is 12.8 Å². The molecule has 12 heavy (non-hydrogen) atoms. The maximum atomic E-state index is 12.6. The van der Waals surface area contributed by atoms with Crippen LogP contribution in [0.25, 0.3) is 0 Å². The Kier molecular flexibility index (Phi) is 3.49. The smallest absolute Gasteiger partial charge is 0.141 e. The van der Waals surface area contributed by atoms with Crippen molar-refractivity contribution < 1.29 is 4.39 Å². The highest BCUT2D eigenvalue weighted by Crippen LogP contribution is 2.06. The minimum Gasteiger partial charge on any atom is -0.261 e. The molecule has 1 aromatic rings. The molecule has 1 aromatic heterocycles. The first-order valence-corrected chi connectivity index (χ1v) is 4.15. The van der Waals surface area contributed by atoms with Crippen molar-refractivity contribution in [3.8, 4) is 0 Å². The Morgan fingerprint density at radius 3 is 2.92 bits per heavy atom. The topological polar surface area (TPSA) is 16.1 Å². The van der Waals surface area contributed by atoms with E-state index in [1.54, 1.807) is 10.5 Å². The van der Waals surface area contributed by atoms with Crippen molar-refractivity contribution in [1.29, 1.82) is 0 Å². The zero-order chi connectivity index (χ0) is 8.97. The van der Waals surface area contributed by atoms with Crippen LogP contribution in [0.4, 0.5) is 4.39 Å². The molecule has 2 nitrogen and oxygen atoms in total. The summed E-state index contributed by atoms with van der Waals surface area (Å²) in [5.74, 6) is -0.301. The first-order valence-electron chi connectivity index (χ1n) is 3.75. The molecule has 0 aliphatic rings. The van der Waals surface area contributed by atoms with Crippen LogP contribution in [-0.2, 0) is 6.54 Å². The lowest BCUT2D eigenvalue weighted by molar-refractivity contribution is 0.495. The summed E-state index contributed by atoms with van der Waals surface area (Å²) in [6.07, 6.45) is 2.83.